The number of likely N-dealkylation sites (tertiary alicyclic amines) is 1. The molecule has 0 aromatic heterocycles. The molecule has 2 heterocycles. The van der Waals surface area contributed by atoms with Crippen LogP contribution in [0.2, 0.25) is 0 Å². The Labute approximate surface area is 145 Å². The smallest absolute Gasteiger partial charge is 0.317 e. The van der Waals surface area contributed by atoms with Gasteiger partial charge in [0, 0.05) is 45.0 Å². The van der Waals surface area contributed by atoms with E-state index in [0.717, 1.165) is 38.9 Å². The zero-order chi connectivity index (χ0) is 16.9. The van der Waals surface area contributed by atoms with Gasteiger partial charge in [-0.05, 0) is 37.3 Å². The van der Waals surface area contributed by atoms with Crippen molar-refractivity contribution < 1.29 is 9.53 Å². The summed E-state index contributed by atoms with van der Waals surface area (Å²) < 4.78 is 5.51. The number of para-hydroxylation sites is 1. The number of rotatable bonds is 3. The molecule has 1 aromatic rings. The lowest BCUT2D eigenvalue weighted by atomic mass is 9.96. The molecule has 2 aliphatic heterocycles. The highest BCUT2D eigenvalue weighted by Crippen LogP contribution is 2.21. The van der Waals surface area contributed by atoms with Crippen molar-refractivity contribution in [3.63, 3.8) is 0 Å². The summed E-state index contributed by atoms with van der Waals surface area (Å²) in [4.78, 5) is 16.8. The molecule has 2 saturated heterocycles. The van der Waals surface area contributed by atoms with Gasteiger partial charge in [-0.25, -0.2) is 4.79 Å². The minimum absolute atomic E-state index is 0.0714. The van der Waals surface area contributed by atoms with Crippen molar-refractivity contribution in [3.05, 3.63) is 30.3 Å². The van der Waals surface area contributed by atoms with Crippen molar-refractivity contribution in [2.75, 3.05) is 38.2 Å². The second kappa shape index (κ2) is 7.88. The van der Waals surface area contributed by atoms with Gasteiger partial charge in [0.2, 0.25) is 0 Å². The number of hydrogen-bond donors (Lipinski definition) is 1. The van der Waals surface area contributed by atoms with E-state index in [-0.39, 0.29) is 18.2 Å². The Bertz CT molecular complexity index is 529. The van der Waals surface area contributed by atoms with Gasteiger partial charge in [0.1, 0.15) is 0 Å². The SMILES string of the molecule is COC1CN(C(=O)NC2CCN(c3ccccc3)CC2)CCC1C. The van der Waals surface area contributed by atoms with E-state index < -0.39 is 0 Å². The molecular formula is C19H29N3O2. The third-order valence-corrected chi connectivity index (χ3v) is 5.42. The number of anilines is 1. The quantitative estimate of drug-likeness (QED) is 0.926. The van der Waals surface area contributed by atoms with Crippen LogP contribution in [0.3, 0.4) is 0 Å². The second-order valence-corrected chi connectivity index (χ2v) is 7.03. The number of ether oxygens (including phenoxy) is 1. The van der Waals surface area contributed by atoms with Crippen LogP contribution in [0.5, 0.6) is 0 Å². The van der Waals surface area contributed by atoms with Gasteiger partial charge in [-0.2, -0.15) is 0 Å². The van der Waals surface area contributed by atoms with Gasteiger partial charge < -0.3 is 19.9 Å². The molecule has 24 heavy (non-hydrogen) atoms. The minimum atomic E-state index is 0.0714. The van der Waals surface area contributed by atoms with Gasteiger partial charge in [-0.1, -0.05) is 25.1 Å². The number of nitrogens with zero attached hydrogens (tertiary/aromatic N) is 2. The molecule has 132 valence electrons. The van der Waals surface area contributed by atoms with Crippen LogP contribution in [0.4, 0.5) is 10.5 Å². The average molecular weight is 331 g/mol. The second-order valence-electron chi connectivity index (χ2n) is 7.03. The zero-order valence-corrected chi connectivity index (χ0v) is 14.8. The first-order chi connectivity index (χ1) is 11.7. The summed E-state index contributed by atoms with van der Waals surface area (Å²) in [6.45, 7) is 5.71. The highest BCUT2D eigenvalue weighted by Gasteiger charge is 2.30. The predicted molar refractivity (Wildman–Crippen MR) is 96.4 cm³/mol. The number of amides is 2. The molecule has 2 unspecified atom stereocenters. The van der Waals surface area contributed by atoms with Gasteiger partial charge in [-0.15, -0.1) is 0 Å². The Balaban J connectivity index is 1.47. The summed E-state index contributed by atoms with van der Waals surface area (Å²) in [5, 5.41) is 3.22. The van der Waals surface area contributed by atoms with Gasteiger partial charge in [0.15, 0.2) is 0 Å². The Hall–Kier alpha value is -1.75. The van der Waals surface area contributed by atoms with Crippen molar-refractivity contribution in [2.24, 2.45) is 5.92 Å². The molecule has 2 fully saturated rings. The van der Waals surface area contributed by atoms with E-state index in [0.29, 0.717) is 12.5 Å². The molecule has 2 amide bonds. The molecule has 2 atom stereocenters. The maximum atomic E-state index is 12.5. The van der Waals surface area contributed by atoms with Crippen LogP contribution in [0.15, 0.2) is 30.3 Å². The molecular weight excluding hydrogens is 302 g/mol. The summed E-state index contributed by atoms with van der Waals surface area (Å²) >= 11 is 0. The first-order valence-electron chi connectivity index (χ1n) is 9.05. The van der Waals surface area contributed by atoms with Crippen LogP contribution in [-0.4, -0.2) is 56.4 Å². The van der Waals surface area contributed by atoms with Crippen molar-refractivity contribution in [3.8, 4) is 0 Å². The first-order valence-corrected chi connectivity index (χ1v) is 9.05. The standard InChI is InChI=1S/C19H29N3O2/c1-15-8-11-22(14-18(15)24-2)19(23)20-16-9-12-21(13-10-16)17-6-4-3-5-7-17/h3-7,15-16,18H,8-14H2,1-2H3,(H,20,23). The number of methoxy groups -OCH3 is 1. The van der Waals surface area contributed by atoms with Crippen molar-refractivity contribution in [1.82, 2.24) is 10.2 Å². The third kappa shape index (κ3) is 4.01. The Morgan fingerprint density at radius 1 is 1.12 bits per heavy atom. The average Bonchev–Trinajstić information content (AvgIpc) is 2.63. The van der Waals surface area contributed by atoms with E-state index in [1.165, 1.54) is 5.69 Å². The van der Waals surface area contributed by atoms with Gasteiger partial charge in [-0.3, -0.25) is 0 Å². The minimum Gasteiger partial charge on any atom is -0.379 e. The van der Waals surface area contributed by atoms with Crippen LogP contribution in [-0.2, 0) is 4.74 Å². The largest absolute Gasteiger partial charge is 0.379 e. The molecule has 5 nitrogen and oxygen atoms in total. The molecule has 1 N–H and O–H groups in total. The Morgan fingerprint density at radius 2 is 1.83 bits per heavy atom. The third-order valence-electron chi connectivity index (χ3n) is 5.42. The number of carbonyl (C=O) groups is 1. The molecule has 2 aliphatic rings. The fraction of sp³-hybridized carbons (Fsp3) is 0.632. The Kier molecular flexibility index (Phi) is 5.61. The lowest BCUT2D eigenvalue weighted by Crippen LogP contribution is -2.54. The normalized spacial score (nSPS) is 25.6. The molecule has 0 aliphatic carbocycles. The summed E-state index contributed by atoms with van der Waals surface area (Å²) in [5.74, 6) is 0.521. The van der Waals surface area contributed by atoms with Crippen LogP contribution < -0.4 is 10.2 Å². The molecule has 0 bridgehead atoms. The summed E-state index contributed by atoms with van der Waals surface area (Å²) in [6, 6.07) is 10.8. The number of hydrogen-bond acceptors (Lipinski definition) is 3. The lowest BCUT2D eigenvalue weighted by molar-refractivity contribution is 0.00674. The monoisotopic (exact) mass is 331 g/mol. The molecule has 0 radical (unpaired) electrons. The molecule has 3 rings (SSSR count). The van der Waals surface area contributed by atoms with Gasteiger partial charge in [0.05, 0.1) is 6.10 Å². The fourth-order valence-corrected chi connectivity index (χ4v) is 3.71. The van der Waals surface area contributed by atoms with E-state index >= 15 is 0 Å². The molecule has 1 aromatic carbocycles. The zero-order valence-electron chi connectivity index (χ0n) is 14.8. The number of nitrogens with one attached hydrogen (secondary N) is 1. The molecule has 0 saturated carbocycles. The molecule has 5 heteroatoms. The van der Waals surface area contributed by atoms with Crippen molar-refractivity contribution in [1.29, 1.82) is 0 Å². The van der Waals surface area contributed by atoms with Crippen LogP contribution in [0.25, 0.3) is 0 Å². The Morgan fingerprint density at radius 3 is 2.50 bits per heavy atom. The fourth-order valence-electron chi connectivity index (χ4n) is 3.71. The lowest BCUT2D eigenvalue weighted by Gasteiger charge is -2.38. The van der Waals surface area contributed by atoms with Crippen molar-refractivity contribution in [2.45, 2.75) is 38.3 Å². The van der Waals surface area contributed by atoms with Gasteiger partial charge >= 0.3 is 6.03 Å². The van der Waals surface area contributed by atoms with Crippen molar-refractivity contribution >= 4 is 11.7 Å². The highest BCUT2D eigenvalue weighted by atomic mass is 16.5. The van der Waals surface area contributed by atoms with E-state index in [9.17, 15) is 4.79 Å². The predicted octanol–water partition coefficient (Wildman–Crippen LogP) is 2.72. The summed E-state index contributed by atoms with van der Waals surface area (Å²) in [6.07, 6.45) is 3.17. The maximum Gasteiger partial charge on any atom is 0.317 e. The highest BCUT2D eigenvalue weighted by molar-refractivity contribution is 5.74. The molecule has 0 spiro atoms. The van der Waals surface area contributed by atoms with E-state index in [1.54, 1.807) is 7.11 Å². The van der Waals surface area contributed by atoms with Crippen LogP contribution >= 0.6 is 0 Å². The number of piperidine rings is 2. The van der Waals surface area contributed by atoms with E-state index in [4.69, 9.17) is 4.74 Å². The van der Waals surface area contributed by atoms with E-state index in [1.807, 2.05) is 11.0 Å². The number of urea groups is 1. The van der Waals surface area contributed by atoms with Crippen LogP contribution in [0, 0.1) is 5.92 Å². The van der Waals surface area contributed by atoms with Crippen LogP contribution in [0.1, 0.15) is 26.2 Å². The first kappa shape index (κ1) is 17.1. The summed E-state index contributed by atoms with van der Waals surface area (Å²) in [5.41, 5.74) is 1.27. The maximum absolute atomic E-state index is 12.5. The summed E-state index contributed by atoms with van der Waals surface area (Å²) in [7, 11) is 1.74. The van der Waals surface area contributed by atoms with E-state index in [2.05, 4.69) is 41.4 Å². The number of carbonyl (C=O) groups excluding carboxylic acids is 1. The number of benzene rings is 1. The topological polar surface area (TPSA) is 44.8 Å². The van der Waals surface area contributed by atoms with Gasteiger partial charge in [0.25, 0.3) is 0 Å².